The van der Waals surface area contributed by atoms with E-state index in [9.17, 15) is 8.42 Å². The van der Waals surface area contributed by atoms with E-state index in [1.54, 1.807) is 0 Å². The van der Waals surface area contributed by atoms with Gasteiger partial charge in [-0.1, -0.05) is 13.3 Å². The van der Waals surface area contributed by atoms with Gasteiger partial charge >= 0.3 is 0 Å². The molecule has 0 aliphatic carbocycles. The SMILES string of the molecule is CCCC(COC(C)C)CS(N)(=O)=O. The van der Waals surface area contributed by atoms with E-state index in [-0.39, 0.29) is 17.8 Å². The van der Waals surface area contributed by atoms with Crippen molar-refractivity contribution in [2.75, 3.05) is 12.4 Å². The summed E-state index contributed by atoms with van der Waals surface area (Å²) in [5.41, 5.74) is 0. The lowest BCUT2D eigenvalue weighted by molar-refractivity contribution is 0.0539. The Hall–Kier alpha value is -0.130. The minimum absolute atomic E-state index is 0.0214. The van der Waals surface area contributed by atoms with Crippen molar-refractivity contribution in [1.29, 1.82) is 0 Å². The highest BCUT2D eigenvalue weighted by molar-refractivity contribution is 7.89. The largest absolute Gasteiger partial charge is 0.378 e. The van der Waals surface area contributed by atoms with Crippen LogP contribution in [0.3, 0.4) is 0 Å². The van der Waals surface area contributed by atoms with Gasteiger partial charge in [0, 0.05) is 0 Å². The molecule has 0 aliphatic heterocycles. The minimum atomic E-state index is -3.37. The molecule has 14 heavy (non-hydrogen) atoms. The predicted molar refractivity (Wildman–Crippen MR) is 57.5 cm³/mol. The molecular formula is C9H21NO3S. The fourth-order valence-corrected chi connectivity index (χ4v) is 2.20. The van der Waals surface area contributed by atoms with Crippen LogP contribution in [-0.2, 0) is 14.8 Å². The molecular weight excluding hydrogens is 202 g/mol. The summed E-state index contributed by atoms with van der Waals surface area (Å²) >= 11 is 0. The maximum Gasteiger partial charge on any atom is 0.209 e. The zero-order valence-corrected chi connectivity index (χ0v) is 10.0. The van der Waals surface area contributed by atoms with Crippen molar-refractivity contribution in [2.24, 2.45) is 11.1 Å². The number of primary sulfonamides is 1. The van der Waals surface area contributed by atoms with Gasteiger partial charge in [-0.2, -0.15) is 0 Å². The van der Waals surface area contributed by atoms with Gasteiger partial charge in [0.15, 0.2) is 0 Å². The van der Waals surface area contributed by atoms with E-state index >= 15 is 0 Å². The summed E-state index contributed by atoms with van der Waals surface area (Å²) in [5, 5.41) is 4.99. The highest BCUT2D eigenvalue weighted by Gasteiger charge is 2.15. The van der Waals surface area contributed by atoms with Crippen molar-refractivity contribution < 1.29 is 13.2 Å². The first-order valence-electron chi connectivity index (χ1n) is 4.97. The highest BCUT2D eigenvalue weighted by Crippen LogP contribution is 2.10. The van der Waals surface area contributed by atoms with Crippen LogP contribution in [0.25, 0.3) is 0 Å². The number of nitrogens with two attached hydrogens (primary N) is 1. The van der Waals surface area contributed by atoms with Crippen LogP contribution in [0, 0.1) is 5.92 Å². The zero-order valence-electron chi connectivity index (χ0n) is 9.19. The summed E-state index contributed by atoms with van der Waals surface area (Å²) in [6.07, 6.45) is 1.92. The van der Waals surface area contributed by atoms with Crippen LogP contribution in [-0.4, -0.2) is 26.9 Å². The molecule has 0 aromatic carbocycles. The second kappa shape index (κ2) is 6.37. The smallest absolute Gasteiger partial charge is 0.209 e. The van der Waals surface area contributed by atoms with E-state index in [1.165, 1.54) is 0 Å². The molecule has 0 amide bonds. The fraction of sp³-hybridized carbons (Fsp3) is 1.00. The van der Waals surface area contributed by atoms with Crippen LogP contribution in [0.4, 0.5) is 0 Å². The van der Waals surface area contributed by atoms with Crippen molar-refractivity contribution in [3.63, 3.8) is 0 Å². The third-order valence-electron chi connectivity index (χ3n) is 1.83. The molecule has 5 heteroatoms. The Kier molecular flexibility index (Phi) is 6.31. The Bertz CT molecular complexity index is 236. The van der Waals surface area contributed by atoms with E-state index in [0.717, 1.165) is 12.8 Å². The van der Waals surface area contributed by atoms with Crippen LogP contribution in [0.15, 0.2) is 0 Å². The first-order chi connectivity index (χ1) is 6.35. The molecule has 0 aromatic rings. The Labute approximate surface area is 86.9 Å². The summed E-state index contributed by atoms with van der Waals surface area (Å²) in [5.74, 6) is 0.0468. The van der Waals surface area contributed by atoms with Crippen LogP contribution in [0.5, 0.6) is 0 Å². The number of ether oxygens (including phenoxy) is 1. The molecule has 2 N–H and O–H groups in total. The first-order valence-corrected chi connectivity index (χ1v) is 6.68. The molecule has 0 fully saturated rings. The fourth-order valence-electron chi connectivity index (χ4n) is 1.28. The Morgan fingerprint density at radius 2 is 1.93 bits per heavy atom. The summed E-state index contributed by atoms with van der Waals surface area (Å²) < 4.78 is 27.1. The number of rotatable bonds is 7. The quantitative estimate of drug-likeness (QED) is 0.703. The molecule has 1 atom stereocenters. The average Bonchev–Trinajstić information content (AvgIpc) is 1.98. The molecule has 0 saturated carbocycles. The Morgan fingerprint density at radius 3 is 2.29 bits per heavy atom. The highest BCUT2D eigenvalue weighted by atomic mass is 32.2. The van der Waals surface area contributed by atoms with Gasteiger partial charge in [-0.25, -0.2) is 13.6 Å². The van der Waals surface area contributed by atoms with Crippen molar-refractivity contribution in [2.45, 2.75) is 39.7 Å². The third kappa shape index (κ3) is 8.47. The van der Waals surface area contributed by atoms with Crippen molar-refractivity contribution in [3.8, 4) is 0 Å². The normalized spacial score (nSPS) is 14.6. The lowest BCUT2D eigenvalue weighted by atomic mass is 10.1. The van der Waals surface area contributed by atoms with Gasteiger partial charge in [-0.15, -0.1) is 0 Å². The molecule has 0 bridgehead atoms. The lowest BCUT2D eigenvalue weighted by Crippen LogP contribution is -2.26. The molecule has 0 radical (unpaired) electrons. The van der Waals surface area contributed by atoms with Gasteiger partial charge in [0.2, 0.25) is 10.0 Å². The topological polar surface area (TPSA) is 69.4 Å². The predicted octanol–water partition coefficient (Wildman–Crippen LogP) is 1.12. The molecule has 1 unspecified atom stereocenters. The van der Waals surface area contributed by atoms with E-state index in [0.29, 0.717) is 6.61 Å². The van der Waals surface area contributed by atoms with Gasteiger partial charge in [-0.05, 0) is 26.2 Å². The van der Waals surface area contributed by atoms with Gasteiger partial charge in [0.05, 0.1) is 18.5 Å². The number of hydrogen-bond donors (Lipinski definition) is 1. The zero-order chi connectivity index (χ0) is 11.2. The summed E-state index contributed by atoms with van der Waals surface area (Å²) in [6.45, 7) is 6.35. The van der Waals surface area contributed by atoms with E-state index in [2.05, 4.69) is 0 Å². The average molecular weight is 223 g/mol. The van der Waals surface area contributed by atoms with E-state index in [4.69, 9.17) is 9.88 Å². The second-order valence-corrected chi connectivity index (χ2v) is 5.53. The summed E-state index contributed by atoms with van der Waals surface area (Å²) in [4.78, 5) is 0. The van der Waals surface area contributed by atoms with Crippen LogP contribution >= 0.6 is 0 Å². The number of sulfonamides is 1. The number of hydrogen-bond acceptors (Lipinski definition) is 3. The minimum Gasteiger partial charge on any atom is -0.378 e. The van der Waals surface area contributed by atoms with Crippen molar-refractivity contribution >= 4 is 10.0 Å². The second-order valence-electron chi connectivity index (χ2n) is 3.87. The van der Waals surface area contributed by atoms with E-state index in [1.807, 2.05) is 20.8 Å². The molecule has 0 heterocycles. The lowest BCUT2D eigenvalue weighted by Gasteiger charge is -2.16. The molecule has 0 aromatic heterocycles. The first kappa shape index (κ1) is 13.9. The summed E-state index contributed by atoms with van der Waals surface area (Å²) in [7, 11) is -3.37. The maximum atomic E-state index is 10.9. The molecule has 4 nitrogen and oxygen atoms in total. The van der Waals surface area contributed by atoms with Crippen LogP contribution < -0.4 is 5.14 Å². The Morgan fingerprint density at radius 1 is 1.36 bits per heavy atom. The summed E-state index contributed by atoms with van der Waals surface area (Å²) in [6, 6.07) is 0. The molecule has 0 spiro atoms. The standard InChI is InChI=1S/C9H21NO3S/c1-4-5-9(6-13-8(2)3)7-14(10,11)12/h8-9H,4-7H2,1-3H3,(H2,10,11,12). The monoisotopic (exact) mass is 223 g/mol. The van der Waals surface area contributed by atoms with Crippen molar-refractivity contribution in [3.05, 3.63) is 0 Å². The van der Waals surface area contributed by atoms with Gasteiger partial charge in [-0.3, -0.25) is 0 Å². The molecule has 0 saturated heterocycles. The van der Waals surface area contributed by atoms with Gasteiger partial charge in [0.25, 0.3) is 0 Å². The molecule has 0 aliphatic rings. The van der Waals surface area contributed by atoms with Crippen molar-refractivity contribution in [1.82, 2.24) is 0 Å². The Balaban J connectivity index is 4.02. The molecule has 86 valence electrons. The molecule has 0 rings (SSSR count). The maximum absolute atomic E-state index is 10.9. The van der Waals surface area contributed by atoms with Crippen LogP contribution in [0.2, 0.25) is 0 Å². The van der Waals surface area contributed by atoms with Gasteiger partial charge < -0.3 is 4.74 Å². The van der Waals surface area contributed by atoms with Crippen LogP contribution in [0.1, 0.15) is 33.6 Å². The van der Waals surface area contributed by atoms with Gasteiger partial charge in [0.1, 0.15) is 0 Å². The third-order valence-corrected chi connectivity index (χ3v) is 2.77. The van der Waals surface area contributed by atoms with E-state index < -0.39 is 10.0 Å².